The first-order chi connectivity index (χ1) is 8.24. The molecule has 3 heterocycles. The number of aliphatic hydroxyl groups is 1. The first-order valence-corrected chi connectivity index (χ1v) is 6.05. The van der Waals surface area contributed by atoms with E-state index in [1.54, 1.807) is 0 Å². The van der Waals surface area contributed by atoms with Crippen molar-refractivity contribution in [2.45, 2.75) is 19.6 Å². The van der Waals surface area contributed by atoms with Gasteiger partial charge in [-0.15, -0.1) is 0 Å². The third-order valence-corrected chi connectivity index (χ3v) is 3.53. The molecular formula is C13H17N3O. The smallest absolute Gasteiger partial charge is 0.136 e. The molecular weight excluding hydrogens is 214 g/mol. The van der Waals surface area contributed by atoms with E-state index in [1.165, 1.54) is 5.69 Å². The van der Waals surface area contributed by atoms with E-state index in [0.29, 0.717) is 5.92 Å². The summed E-state index contributed by atoms with van der Waals surface area (Å²) in [4.78, 5) is 6.66. The van der Waals surface area contributed by atoms with E-state index in [0.717, 1.165) is 25.3 Å². The van der Waals surface area contributed by atoms with Crippen LogP contribution in [0.3, 0.4) is 0 Å². The molecule has 0 bridgehead atoms. The molecule has 2 aromatic heterocycles. The van der Waals surface area contributed by atoms with E-state index in [9.17, 15) is 5.11 Å². The van der Waals surface area contributed by atoms with Gasteiger partial charge in [-0.1, -0.05) is 13.0 Å². The zero-order valence-corrected chi connectivity index (χ0v) is 9.95. The lowest BCUT2D eigenvalue weighted by Crippen LogP contribution is -2.22. The summed E-state index contributed by atoms with van der Waals surface area (Å²) in [6, 6.07) is 6.01. The zero-order chi connectivity index (χ0) is 11.8. The van der Waals surface area contributed by atoms with Crippen molar-refractivity contribution in [3.05, 3.63) is 36.3 Å². The lowest BCUT2D eigenvalue weighted by Gasteiger charge is -2.14. The van der Waals surface area contributed by atoms with Crippen LogP contribution >= 0.6 is 0 Å². The summed E-state index contributed by atoms with van der Waals surface area (Å²) in [5.74, 6) is 0.370. The van der Waals surface area contributed by atoms with Gasteiger partial charge in [-0.05, 0) is 18.1 Å². The van der Waals surface area contributed by atoms with Crippen molar-refractivity contribution in [2.24, 2.45) is 5.92 Å². The lowest BCUT2D eigenvalue weighted by atomic mass is 10.1. The average molecular weight is 231 g/mol. The van der Waals surface area contributed by atoms with Crippen LogP contribution in [-0.2, 0) is 6.54 Å². The van der Waals surface area contributed by atoms with Crippen molar-refractivity contribution in [1.29, 1.82) is 0 Å². The fraction of sp³-hybridized carbons (Fsp3) is 0.462. The molecule has 1 fully saturated rings. The zero-order valence-electron chi connectivity index (χ0n) is 9.95. The molecule has 1 aliphatic rings. The average Bonchev–Trinajstić information content (AvgIpc) is 2.85. The van der Waals surface area contributed by atoms with Crippen molar-refractivity contribution in [1.82, 2.24) is 14.3 Å². The van der Waals surface area contributed by atoms with Crippen molar-refractivity contribution < 1.29 is 5.11 Å². The second kappa shape index (κ2) is 4.13. The Morgan fingerprint density at radius 2 is 2.29 bits per heavy atom. The van der Waals surface area contributed by atoms with Crippen molar-refractivity contribution in [2.75, 3.05) is 13.1 Å². The number of aliphatic hydroxyl groups excluding tert-OH is 1. The highest BCUT2D eigenvalue weighted by Gasteiger charge is 2.27. The number of fused-ring (bicyclic) bond motifs is 1. The molecule has 0 radical (unpaired) electrons. The number of imidazole rings is 1. The summed E-state index contributed by atoms with van der Waals surface area (Å²) in [6.45, 7) is 4.67. The summed E-state index contributed by atoms with van der Waals surface area (Å²) in [5, 5.41) is 9.75. The van der Waals surface area contributed by atoms with Gasteiger partial charge >= 0.3 is 0 Å². The van der Waals surface area contributed by atoms with E-state index in [1.807, 2.05) is 30.6 Å². The Hall–Kier alpha value is -1.39. The van der Waals surface area contributed by atoms with Crippen LogP contribution in [0.25, 0.3) is 5.65 Å². The Balaban J connectivity index is 1.81. The molecule has 2 atom stereocenters. The van der Waals surface area contributed by atoms with Crippen LogP contribution in [-0.4, -0.2) is 38.6 Å². The molecule has 17 heavy (non-hydrogen) atoms. The highest BCUT2D eigenvalue weighted by atomic mass is 16.3. The van der Waals surface area contributed by atoms with Gasteiger partial charge in [-0.3, -0.25) is 4.90 Å². The molecule has 3 rings (SSSR count). The van der Waals surface area contributed by atoms with Gasteiger partial charge < -0.3 is 9.51 Å². The second-order valence-electron chi connectivity index (χ2n) is 4.92. The number of nitrogens with zero attached hydrogens (tertiary/aromatic N) is 3. The van der Waals surface area contributed by atoms with Crippen LogP contribution in [0.4, 0.5) is 0 Å². The SMILES string of the molecule is CC1CN(Cc2cnc3ccccn23)CC1O. The molecule has 0 saturated carbocycles. The lowest BCUT2D eigenvalue weighted by molar-refractivity contribution is 0.147. The Labute approximate surface area is 101 Å². The maximum Gasteiger partial charge on any atom is 0.136 e. The number of hydrogen-bond donors (Lipinski definition) is 1. The van der Waals surface area contributed by atoms with Crippen LogP contribution in [0.5, 0.6) is 0 Å². The van der Waals surface area contributed by atoms with Gasteiger partial charge in [0.2, 0.25) is 0 Å². The highest BCUT2D eigenvalue weighted by molar-refractivity contribution is 5.39. The predicted octanol–water partition coefficient (Wildman–Crippen LogP) is 1.15. The summed E-state index contributed by atoms with van der Waals surface area (Å²) >= 11 is 0. The number of hydrogen-bond acceptors (Lipinski definition) is 3. The third kappa shape index (κ3) is 1.94. The topological polar surface area (TPSA) is 40.8 Å². The highest BCUT2D eigenvalue weighted by Crippen LogP contribution is 2.19. The monoisotopic (exact) mass is 231 g/mol. The molecule has 1 saturated heterocycles. The van der Waals surface area contributed by atoms with Gasteiger partial charge in [0.1, 0.15) is 5.65 Å². The second-order valence-corrected chi connectivity index (χ2v) is 4.92. The van der Waals surface area contributed by atoms with Crippen molar-refractivity contribution >= 4 is 5.65 Å². The predicted molar refractivity (Wildman–Crippen MR) is 65.6 cm³/mol. The van der Waals surface area contributed by atoms with Crippen LogP contribution in [0.1, 0.15) is 12.6 Å². The van der Waals surface area contributed by atoms with E-state index in [2.05, 4.69) is 21.2 Å². The van der Waals surface area contributed by atoms with Gasteiger partial charge in [0, 0.05) is 25.8 Å². The van der Waals surface area contributed by atoms with Crippen LogP contribution < -0.4 is 0 Å². The van der Waals surface area contributed by atoms with Gasteiger partial charge in [0.25, 0.3) is 0 Å². The fourth-order valence-electron chi connectivity index (χ4n) is 2.51. The maximum absolute atomic E-state index is 9.75. The van der Waals surface area contributed by atoms with Crippen molar-refractivity contribution in [3.63, 3.8) is 0 Å². The van der Waals surface area contributed by atoms with Crippen molar-refractivity contribution in [3.8, 4) is 0 Å². The normalized spacial score (nSPS) is 25.8. The van der Waals surface area contributed by atoms with Crippen LogP contribution in [0.2, 0.25) is 0 Å². The Bertz CT molecular complexity index is 512. The quantitative estimate of drug-likeness (QED) is 0.843. The minimum atomic E-state index is -0.186. The minimum absolute atomic E-state index is 0.186. The van der Waals surface area contributed by atoms with Gasteiger partial charge in [-0.2, -0.15) is 0 Å². The van der Waals surface area contributed by atoms with E-state index in [-0.39, 0.29) is 6.10 Å². The molecule has 0 spiro atoms. The summed E-state index contributed by atoms with van der Waals surface area (Å²) in [5.41, 5.74) is 2.16. The maximum atomic E-state index is 9.75. The first kappa shape index (κ1) is 10.7. The molecule has 2 unspecified atom stereocenters. The molecule has 1 N–H and O–H groups in total. The minimum Gasteiger partial charge on any atom is -0.391 e. The van der Waals surface area contributed by atoms with Crippen LogP contribution in [0, 0.1) is 5.92 Å². The van der Waals surface area contributed by atoms with Gasteiger partial charge in [0.15, 0.2) is 0 Å². The standard InChI is InChI=1S/C13H17N3O/c1-10-7-15(9-12(10)17)8-11-6-14-13-4-2-3-5-16(11)13/h2-6,10,12,17H,7-9H2,1H3. The van der Waals surface area contributed by atoms with Gasteiger partial charge in [0.05, 0.1) is 18.0 Å². The van der Waals surface area contributed by atoms with E-state index < -0.39 is 0 Å². The summed E-state index contributed by atoms with van der Waals surface area (Å²) in [7, 11) is 0. The number of rotatable bonds is 2. The number of likely N-dealkylation sites (tertiary alicyclic amines) is 1. The Morgan fingerprint density at radius 3 is 3.06 bits per heavy atom. The summed E-state index contributed by atoms with van der Waals surface area (Å²) in [6.07, 6.45) is 3.77. The number of β-amino-alcohol motifs (C(OH)–C–C–N with tert-alkyl or cyclic N) is 1. The van der Waals surface area contributed by atoms with Crippen LogP contribution in [0.15, 0.2) is 30.6 Å². The van der Waals surface area contributed by atoms with E-state index >= 15 is 0 Å². The van der Waals surface area contributed by atoms with Gasteiger partial charge in [-0.25, -0.2) is 4.98 Å². The number of aromatic nitrogens is 2. The molecule has 2 aromatic rings. The fourth-order valence-corrected chi connectivity index (χ4v) is 2.51. The Kier molecular flexibility index (Phi) is 2.61. The molecule has 90 valence electrons. The number of pyridine rings is 1. The molecule has 0 aliphatic carbocycles. The largest absolute Gasteiger partial charge is 0.391 e. The molecule has 4 heteroatoms. The molecule has 4 nitrogen and oxygen atoms in total. The Morgan fingerprint density at radius 1 is 1.41 bits per heavy atom. The first-order valence-electron chi connectivity index (χ1n) is 6.05. The summed E-state index contributed by atoms with van der Waals surface area (Å²) < 4.78 is 2.11. The molecule has 0 aromatic carbocycles. The van der Waals surface area contributed by atoms with E-state index in [4.69, 9.17) is 0 Å². The molecule has 0 amide bonds. The third-order valence-electron chi connectivity index (χ3n) is 3.53. The molecule has 1 aliphatic heterocycles.